The van der Waals surface area contributed by atoms with E-state index in [2.05, 4.69) is 25.2 Å². The van der Waals surface area contributed by atoms with E-state index in [1.807, 2.05) is 25.1 Å². The predicted octanol–water partition coefficient (Wildman–Crippen LogP) is 1.67. The number of oxazole rings is 1. The molecule has 0 amide bonds. The highest BCUT2D eigenvalue weighted by Crippen LogP contribution is 2.15. The molecule has 0 saturated heterocycles. The Bertz CT molecular complexity index is 822. The molecule has 0 unspecified atom stereocenters. The van der Waals surface area contributed by atoms with Crippen molar-refractivity contribution in [1.82, 2.24) is 15.0 Å². The summed E-state index contributed by atoms with van der Waals surface area (Å²) in [5, 5.41) is 7.69. The van der Waals surface area contributed by atoms with Crippen LogP contribution < -0.4 is 5.73 Å². The molecular weight excluding hydrogens is 268 g/mol. The first-order valence-corrected chi connectivity index (χ1v) is 6.22. The van der Waals surface area contributed by atoms with Crippen LogP contribution in [-0.2, 0) is 0 Å². The Labute approximate surface area is 120 Å². The van der Waals surface area contributed by atoms with Crippen molar-refractivity contribution in [3.63, 3.8) is 0 Å². The summed E-state index contributed by atoms with van der Waals surface area (Å²) in [7, 11) is 0. The van der Waals surface area contributed by atoms with Gasteiger partial charge in [-0.2, -0.15) is 5.10 Å². The first kappa shape index (κ1) is 12.9. The molecule has 0 radical (unpaired) electrons. The lowest BCUT2D eigenvalue weighted by Gasteiger charge is -1.94. The normalized spacial score (nSPS) is 12.3. The molecule has 0 bridgehead atoms. The van der Waals surface area contributed by atoms with Gasteiger partial charge in [0.15, 0.2) is 11.4 Å². The van der Waals surface area contributed by atoms with Crippen LogP contribution in [-0.4, -0.2) is 27.0 Å². The molecule has 1 aromatic carbocycles. The van der Waals surface area contributed by atoms with Crippen LogP contribution in [0, 0.1) is 6.92 Å². The Hall–Kier alpha value is -3.09. The van der Waals surface area contributed by atoms with Crippen molar-refractivity contribution < 1.29 is 4.42 Å². The van der Waals surface area contributed by atoms with Crippen molar-refractivity contribution >= 4 is 23.1 Å². The number of hydrogen-bond donors (Lipinski definition) is 1. The van der Waals surface area contributed by atoms with E-state index in [0.29, 0.717) is 17.2 Å². The minimum atomic E-state index is 0.173. The molecule has 0 fully saturated rings. The van der Waals surface area contributed by atoms with Crippen molar-refractivity contribution in [2.45, 2.75) is 6.92 Å². The van der Waals surface area contributed by atoms with Gasteiger partial charge in [0.25, 0.3) is 0 Å². The van der Waals surface area contributed by atoms with Gasteiger partial charge in [-0.1, -0.05) is 6.07 Å². The molecular formula is C14H12N6O. The van der Waals surface area contributed by atoms with Crippen LogP contribution in [0.15, 0.2) is 51.4 Å². The van der Waals surface area contributed by atoms with E-state index in [1.54, 1.807) is 6.20 Å². The first-order chi connectivity index (χ1) is 10.2. The third kappa shape index (κ3) is 2.92. The zero-order chi connectivity index (χ0) is 14.7. The number of rotatable bonds is 3. The third-order valence-corrected chi connectivity index (χ3v) is 2.72. The number of nitrogens with zero attached hydrogens (tertiary/aromatic N) is 5. The highest BCUT2D eigenvalue weighted by atomic mass is 16.3. The zero-order valence-corrected chi connectivity index (χ0v) is 11.3. The Morgan fingerprint density at radius 2 is 2.24 bits per heavy atom. The fraction of sp³-hybridized carbons (Fsp3) is 0.0714. The van der Waals surface area contributed by atoms with E-state index < -0.39 is 0 Å². The second-order valence-electron chi connectivity index (χ2n) is 4.34. The summed E-state index contributed by atoms with van der Waals surface area (Å²) in [6.07, 6.45) is 6.00. The predicted molar refractivity (Wildman–Crippen MR) is 79.1 cm³/mol. The van der Waals surface area contributed by atoms with Gasteiger partial charge < -0.3 is 10.2 Å². The summed E-state index contributed by atoms with van der Waals surface area (Å²) in [5.74, 6) is 0.539. The smallest absolute Gasteiger partial charge is 0.240 e. The molecule has 7 nitrogen and oxygen atoms in total. The van der Waals surface area contributed by atoms with E-state index in [0.717, 1.165) is 11.1 Å². The maximum Gasteiger partial charge on any atom is 0.240 e. The summed E-state index contributed by atoms with van der Waals surface area (Å²) >= 11 is 0. The van der Waals surface area contributed by atoms with Crippen LogP contribution in [0.25, 0.3) is 11.1 Å². The lowest BCUT2D eigenvalue weighted by molar-refractivity contribution is 0.593. The molecule has 3 rings (SSSR count). The molecule has 0 aliphatic carbocycles. The quantitative estimate of drug-likeness (QED) is 0.446. The van der Waals surface area contributed by atoms with Gasteiger partial charge in [-0.25, -0.2) is 9.97 Å². The number of aromatic nitrogens is 3. The first-order valence-electron chi connectivity index (χ1n) is 6.22. The molecule has 7 heteroatoms. The Kier molecular flexibility index (Phi) is 3.38. The summed E-state index contributed by atoms with van der Waals surface area (Å²) in [6.45, 7) is 1.99. The molecule has 0 spiro atoms. The molecule has 0 aliphatic heterocycles. The van der Waals surface area contributed by atoms with Crippen molar-refractivity contribution in [1.29, 1.82) is 0 Å². The maximum absolute atomic E-state index is 5.74. The number of aryl methyl sites for hydroxylation is 1. The fourth-order valence-corrected chi connectivity index (χ4v) is 1.73. The van der Waals surface area contributed by atoms with Crippen molar-refractivity contribution in [2.24, 2.45) is 15.9 Å². The zero-order valence-electron chi connectivity index (χ0n) is 11.3. The van der Waals surface area contributed by atoms with Crippen LogP contribution in [0.3, 0.4) is 0 Å². The van der Waals surface area contributed by atoms with Gasteiger partial charge in [0.2, 0.25) is 5.89 Å². The SMILES string of the molecule is Cc1ccc2oc(/C=N/N=C(\N)c3cnccn3)nc2c1. The molecule has 0 atom stereocenters. The summed E-state index contributed by atoms with van der Waals surface area (Å²) in [5.41, 5.74) is 8.79. The number of amidine groups is 1. The van der Waals surface area contributed by atoms with Gasteiger partial charge in [-0.05, 0) is 24.6 Å². The molecule has 21 heavy (non-hydrogen) atoms. The largest absolute Gasteiger partial charge is 0.435 e. The molecule has 3 aromatic rings. The van der Waals surface area contributed by atoms with E-state index in [9.17, 15) is 0 Å². The fourth-order valence-electron chi connectivity index (χ4n) is 1.73. The number of hydrogen-bond acceptors (Lipinski definition) is 6. The number of nitrogens with two attached hydrogens (primary N) is 1. The minimum absolute atomic E-state index is 0.173. The van der Waals surface area contributed by atoms with Crippen molar-refractivity contribution in [3.8, 4) is 0 Å². The van der Waals surface area contributed by atoms with Crippen LogP contribution in [0.2, 0.25) is 0 Å². The monoisotopic (exact) mass is 280 g/mol. The number of benzene rings is 1. The highest BCUT2D eigenvalue weighted by Gasteiger charge is 2.03. The van der Waals surface area contributed by atoms with Crippen molar-refractivity contribution in [2.75, 3.05) is 0 Å². The van der Waals surface area contributed by atoms with Gasteiger partial charge in [0.05, 0.1) is 6.20 Å². The van der Waals surface area contributed by atoms with Crippen LogP contribution in [0.1, 0.15) is 17.1 Å². The van der Waals surface area contributed by atoms with Crippen LogP contribution in [0.5, 0.6) is 0 Å². The minimum Gasteiger partial charge on any atom is -0.435 e. The standard InChI is InChI=1S/C14H12N6O/c1-9-2-3-12-10(6-9)19-13(21-12)8-18-20-14(15)11-7-16-4-5-17-11/h2-8H,1H3,(H2,15,20)/b18-8+. The van der Waals surface area contributed by atoms with E-state index >= 15 is 0 Å². The highest BCUT2D eigenvalue weighted by molar-refractivity contribution is 5.95. The molecule has 2 N–H and O–H groups in total. The van der Waals surface area contributed by atoms with Crippen LogP contribution in [0.4, 0.5) is 0 Å². The third-order valence-electron chi connectivity index (χ3n) is 2.72. The van der Waals surface area contributed by atoms with Gasteiger partial charge in [0.1, 0.15) is 17.4 Å². The average molecular weight is 280 g/mol. The van der Waals surface area contributed by atoms with E-state index in [1.165, 1.54) is 18.6 Å². The average Bonchev–Trinajstić information content (AvgIpc) is 2.89. The lowest BCUT2D eigenvalue weighted by atomic mass is 10.2. The topological polar surface area (TPSA) is 103 Å². The summed E-state index contributed by atoms with van der Waals surface area (Å²) in [6, 6.07) is 5.76. The summed E-state index contributed by atoms with van der Waals surface area (Å²) < 4.78 is 5.51. The molecule has 2 heterocycles. The molecule has 2 aromatic heterocycles. The van der Waals surface area contributed by atoms with Gasteiger partial charge >= 0.3 is 0 Å². The second kappa shape index (κ2) is 5.49. The summed E-state index contributed by atoms with van der Waals surface area (Å²) in [4.78, 5) is 12.2. The molecule has 104 valence electrons. The Balaban J connectivity index is 1.81. The van der Waals surface area contributed by atoms with Gasteiger partial charge in [-0.3, -0.25) is 4.98 Å². The Morgan fingerprint density at radius 1 is 1.33 bits per heavy atom. The van der Waals surface area contributed by atoms with Crippen molar-refractivity contribution in [3.05, 3.63) is 53.9 Å². The van der Waals surface area contributed by atoms with E-state index in [4.69, 9.17) is 10.2 Å². The van der Waals surface area contributed by atoms with Crippen LogP contribution >= 0.6 is 0 Å². The maximum atomic E-state index is 5.74. The second-order valence-corrected chi connectivity index (χ2v) is 4.34. The molecule has 0 aliphatic rings. The lowest BCUT2D eigenvalue weighted by Crippen LogP contribution is -2.14. The van der Waals surface area contributed by atoms with Gasteiger partial charge in [0, 0.05) is 12.4 Å². The van der Waals surface area contributed by atoms with E-state index in [-0.39, 0.29) is 5.84 Å². The number of fused-ring (bicyclic) bond motifs is 1. The van der Waals surface area contributed by atoms with Gasteiger partial charge in [-0.15, -0.1) is 5.10 Å². The Morgan fingerprint density at radius 3 is 3.05 bits per heavy atom. The molecule has 0 saturated carbocycles.